The maximum Gasteiger partial charge on any atom is 0.416 e. The van der Waals surface area contributed by atoms with Crippen molar-refractivity contribution in [3.63, 3.8) is 0 Å². The molecule has 0 unspecified atom stereocenters. The SMILES string of the molecule is COc1ccc(S(=O)(=O)N2CCOCC2)cc1NC(=O)/C=C\c1cccc(C(F)(F)F)c1. The molecule has 0 radical (unpaired) electrons. The quantitative estimate of drug-likeness (QED) is 0.655. The summed E-state index contributed by atoms with van der Waals surface area (Å²) >= 11 is 0. The first kappa shape index (κ1) is 23.8. The number of ether oxygens (including phenoxy) is 2. The van der Waals surface area contributed by atoms with Crippen molar-refractivity contribution < 1.29 is 35.9 Å². The Balaban J connectivity index is 1.79. The topological polar surface area (TPSA) is 84.9 Å². The van der Waals surface area contributed by atoms with Crippen molar-refractivity contribution in [1.82, 2.24) is 4.31 Å². The van der Waals surface area contributed by atoms with Gasteiger partial charge in [-0.2, -0.15) is 17.5 Å². The Kier molecular flexibility index (Phi) is 7.22. The molecule has 0 bridgehead atoms. The van der Waals surface area contributed by atoms with Crippen molar-refractivity contribution in [2.45, 2.75) is 11.1 Å². The Morgan fingerprint density at radius 2 is 1.88 bits per heavy atom. The van der Waals surface area contributed by atoms with E-state index in [-0.39, 0.29) is 35.0 Å². The van der Waals surface area contributed by atoms with Crippen LogP contribution in [-0.4, -0.2) is 52.0 Å². The van der Waals surface area contributed by atoms with Crippen LogP contribution in [0.1, 0.15) is 11.1 Å². The summed E-state index contributed by atoms with van der Waals surface area (Å²) in [4.78, 5) is 12.3. The van der Waals surface area contributed by atoms with E-state index in [9.17, 15) is 26.4 Å². The van der Waals surface area contributed by atoms with Gasteiger partial charge < -0.3 is 14.8 Å². The van der Waals surface area contributed by atoms with E-state index in [0.29, 0.717) is 13.2 Å². The van der Waals surface area contributed by atoms with E-state index in [1.807, 2.05) is 0 Å². The van der Waals surface area contributed by atoms with Gasteiger partial charge in [-0.3, -0.25) is 4.79 Å². The van der Waals surface area contributed by atoms with Gasteiger partial charge in [-0.05, 0) is 42.0 Å². The standard InChI is InChI=1S/C21H21F3N2O5S/c1-30-19-7-6-17(32(28,29)26-9-11-31-12-10-26)14-18(19)25-20(27)8-5-15-3-2-4-16(13-15)21(22,23)24/h2-8,13-14H,9-12H2,1H3,(H,25,27)/b8-5-. The highest BCUT2D eigenvalue weighted by atomic mass is 32.2. The summed E-state index contributed by atoms with van der Waals surface area (Å²) in [6.07, 6.45) is -2.21. The fourth-order valence-corrected chi connectivity index (χ4v) is 4.48. The first-order valence-corrected chi connectivity index (χ1v) is 11.0. The van der Waals surface area contributed by atoms with Crippen molar-refractivity contribution in [2.75, 3.05) is 38.7 Å². The molecule has 1 aliphatic heterocycles. The summed E-state index contributed by atoms with van der Waals surface area (Å²) < 4.78 is 75.9. The van der Waals surface area contributed by atoms with Gasteiger partial charge in [0.25, 0.3) is 0 Å². The minimum absolute atomic E-state index is 0.0302. The third-order valence-electron chi connectivity index (χ3n) is 4.68. The first-order valence-electron chi connectivity index (χ1n) is 9.53. The van der Waals surface area contributed by atoms with Gasteiger partial charge in [0.1, 0.15) is 5.75 Å². The van der Waals surface area contributed by atoms with Crippen molar-refractivity contribution in [3.8, 4) is 5.75 Å². The van der Waals surface area contributed by atoms with E-state index >= 15 is 0 Å². The molecule has 1 heterocycles. The van der Waals surface area contributed by atoms with E-state index in [2.05, 4.69) is 5.32 Å². The lowest BCUT2D eigenvalue weighted by atomic mass is 10.1. The third-order valence-corrected chi connectivity index (χ3v) is 6.57. The summed E-state index contributed by atoms with van der Waals surface area (Å²) in [6, 6.07) is 8.58. The monoisotopic (exact) mass is 470 g/mol. The predicted octanol–water partition coefficient (Wildman–Crippen LogP) is 3.39. The van der Waals surface area contributed by atoms with E-state index in [1.165, 1.54) is 47.8 Å². The van der Waals surface area contributed by atoms with Crippen LogP contribution >= 0.6 is 0 Å². The Labute approximate surface area is 183 Å². The number of halogens is 3. The highest BCUT2D eigenvalue weighted by molar-refractivity contribution is 7.89. The van der Waals surface area contributed by atoms with E-state index in [1.54, 1.807) is 0 Å². The summed E-state index contributed by atoms with van der Waals surface area (Å²) in [5.74, 6) is -0.437. The molecule has 1 fully saturated rings. The van der Waals surface area contributed by atoms with Crippen LogP contribution in [-0.2, 0) is 25.7 Å². The number of hydrogen-bond acceptors (Lipinski definition) is 5. The number of amides is 1. The molecule has 1 amide bonds. The Morgan fingerprint density at radius 1 is 1.16 bits per heavy atom. The molecule has 2 aromatic carbocycles. The van der Waals surface area contributed by atoms with Gasteiger partial charge >= 0.3 is 6.18 Å². The lowest BCUT2D eigenvalue weighted by molar-refractivity contribution is -0.137. The number of anilines is 1. The summed E-state index contributed by atoms with van der Waals surface area (Å²) in [5.41, 5.74) is -0.533. The molecular formula is C21H21F3N2O5S. The van der Waals surface area contributed by atoms with Gasteiger partial charge in [0, 0.05) is 19.2 Å². The second-order valence-corrected chi connectivity index (χ2v) is 8.76. The second kappa shape index (κ2) is 9.72. The van der Waals surface area contributed by atoms with E-state index in [4.69, 9.17) is 9.47 Å². The highest BCUT2D eigenvalue weighted by Crippen LogP contribution is 2.31. The Hall–Kier alpha value is -2.89. The molecule has 1 N–H and O–H groups in total. The minimum atomic E-state index is -4.49. The number of carbonyl (C=O) groups excluding carboxylic acids is 1. The molecule has 1 aliphatic rings. The van der Waals surface area contributed by atoms with Crippen LogP contribution in [0, 0.1) is 0 Å². The zero-order chi connectivity index (χ0) is 23.4. The molecule has 32 heavy (non-hydrogen) atoms. The number of carbonyl (C=O) groups is 1. The van der Waals surface area contributed by atoms with Gasteiger partial charge in [0.15, 0.2) is 0 Å². The molecule has 172 valence electrons. The van der Waals surface area contributed by atoms with E-state index in [0.717, 1.165) is 18.2 Å². The molecule has 7 nitrogen and oxygen atoms in total. The largest absolute Gasteiger partial charge is 0.495 e. The van der Waals surface area contributed by atoms with Crippen molar-refractivity contribution in [1.29, 1.82) is 0 Å². The molecule has 3 rings (SSSR count). The first-order chi connectivity index (χ1) is 15.1. The maximum absolute atomic E-state index is 12.9. The molecule has 0 atom stereocenters. The van der Waals surface area contributed by atoms with Gasteiger partial charge in [-0.15, -0.1) is 0 Å². The lowest BCUT2D eigenvalue weighted by Gasteiger charge is -2.26. The van der Waals surface area contributed by atoms with E-state index < -0.39 is 27.7 Å². The normalized spacial score (nSPS) is 15.6. The Morgan fingerprint density at radius 3 is 2.53 bits per heavy atom. The van der Waals surface area contributed by atoms with Gasteiger partial charge in [-0.25, -0.2) is 8.42 Å². The van der Waals surface area contributed by atoms with Crippen molar-refractivity contribution in [3.05, 3.63) is 59.7 Å². The summed E-state index contributed by atoms with van der Waals surface area (Å²) in [6.45, 7) is 1.02. The lowest BCUT2D eigenvalue weighted by Crippen LogP contribution is -2.40. The molecular weight excluding hydrogens is 449 g/mol. The Bertz CT molecular complexity index is 1110. The molecule has 0 spiro atoms. The number of nitrogens with zero attached hydrogens (tertiary/aromatic N) is 1. The predicted molar refractivity (Wildman–Crippen MR) is 112 cm³/mol. The van der Waals surface area contributed by atoms with Crippen LogP contribution in [0.2, 0.25) is 0 Å². The molecule has 11 heteroatoms. The number of benzene rings is 2. The number of hydrogen-bond donors (Lipinski definition) is 1. The van der Waals surface area contributed by atoms with Crippen LogP contribution in [0.4, 0.5) is 18.9 Å². The number of morpholine rings is 1. The number of sulfonamides is 1. The number of alkyl halides is 3. The van der Waals surface area contributed by atoms with Gasteiger partial charge in [0.05, 0.1) is 36.5 Å². The van der Waals surface area contributed by atoms with Crippen LogP contribution in [0.3, 0.4) is 0 Å². The zero-order valence-corrected chi connectivity index (χ0v) is 17.9. The zero-order valence-electron chi connectivity index (χ0n) is 17.1. The number of nitrogens with one attached hydrogen (secondary N) is 1. The number of rotatable bonds is 6. The highest BCUT2D eigenvalue weighted by Gasteiger charge is 2.30. The fraction of sp³-hybridized carbons (Fsp3) is 0.286. The maximum atomic E-state index is 12.9. The van der Waals surface area contributed by atoms with Gasteiger partial charge in [-0.1, -0.05) is 12.1 Å². The third kappa shape index (κ3) is 5.67. The molecule has 0 aromatic heterocycles. The molecule has 1 saturated heterocycles. The van der Waals surface area contributed by atoms with Crippen LogP contribution in [0.15, 0.2) is 53.4 Å². The smallest absolute Gasteiger partial charge is 0.416 e. The number of methoxy groups -OCH3 is 1. The average Bonchev–Trinajstić information content (AvgIpc) is 2.78. The van der Waals surface area contributed by atoms with Crippen LogP contribution in [0.25, 0.3) is 6.08 Å². The van der Waals surface area contributed by atoms with Crippen molar-refractivity contribution in [2.24, 2.45) is 0 Å². The van der Waals surface area contributed by atoms with Gasteiger partial charge in [0.2, 0.25) is 15.9 Å². The molecule has 0 aliphatic carbocycles. The fourth-order valence-electron chi connectivity index (χ4n) is 3.05. The molecule has 0 saturated carbocycles. The molecule has 2 aromatic rings. The van der Waals surface area contributed by atoms with Crippen LogP contribution in [0.5, 0.6) is 5.75 Å². The summed E-state index contributed by atoms with van der Waals surface area (Å²) in [5, 5.41) is 2.51. The van der Waals surface area contributed by atoms with Crippen molar-refractivity contribution >= 4 is 27.7 Å². The second-order valence-electron chi connectivity index (χ2n) is 6.82. The minimum Gasteiger partial charge on any atom is -0.495 e. The average molecular weight is 470 g/mol. The summed E-state index contributed by atoms with van der Waals surface area (Å²) in [7, 11) is -2.44. The van der Waals surface area contributed by atoms with Crippen LogP contribution < -0.4 is 10.1 Å².